The number of rotatable bonds is 9. The average molecular weight is 465 g/mol. The number of aryl methyl sites for hydroxylation is 1. The van der Waals surface area contributed by atoms with E-state index in [0.717, 1.165) is 31.0 Å². The zero-order chi connectivity index (χ0) is 24.1. The first-order chi connectivity index (χ1) is 16.4. The maximum Gasteiger partial charge on any atom is 0.251 e. The summed E-state index contributed by atoms with van der Waals surface area (Å²) in [6.45, 7) is 4.89. The molecule has 0 radical (unpaired) electrons. The summed E-state index contributed by atoms with van der Waals surface area (Å²) in [5, 5.41) is 20.4. The van der Waals surface area contributed by atoms with Crippen molar-refractivity contribution in [1.29, 1.82) is 0 Å². The summed E-state index contributed by atoms with van der Waals surface area (Å²) in [5.74, 6) is 1.30. The van der Waals surface area contributed by atoms with Crippen molar-refractivity contribution in [2.24, 2.45) is 7.05 Å². The molecule has 9 heteroatoms. The highest BCUT2D eigenvalue weighted by molar-refractivity contribution is 5.94. The maximum atomic E-state index is 12.4. The molecule has 3 heterocycles. The van der Waals surface area contributed by atoms with Crippen LogP contribution in [0.1, 0.15) is 32.7 Å². The van der Waals surface area contributed by atoms with E-state index in [0.29, 0.717) is 24.5 Å². The highest BCUT2D eigenvalue weighted by Gasteiger charge is 2.22. The van der Waals surface area contributed by atoms with E-state index in [9.17, 15) is 9.90 Å². The minimum atomic E-state index is -0.654. The van der Waals surface area contributed by atoms with Crippen molar-refractivity contribution < 1.29 is 14.6 Å². The van der Waals surface area contributed by atoms with Gasteiger partial charge in [0.15, 0.2) is 0 Å². The predicted octanol–water partition coefficient (Wildman–Crippen LogP) is 1.89. The van der Waals surface area contributed by atoms with Crippen LogP contribution in [0.25, 0.3) is 0 Å². The molecule has 0 spiro atoms. The summed E-state index contributed by atoms with van der Waals surface area (Å²) in [6.07, 6.45) is 3.59. The molecule has 4 rings (SSSR count). The van der Waals surface area contributed by atoms with Crippen LogP contribution in [0.5, 0.6) is 5.75 Å². The fraction of sp³-hybridized carbons (Fsp3) is 0.400. The van der Waals surface area contributed by atoms with E-state index in [-0.39, 0.29) is 12.5 Å². The van der Waals surface area contributed by atoms with Gasteiger partial charge < -0.3 is 20.5 Å². The van der Waals surface area contributed by atoms with Gasteiger partial charge in [-0.05, 0) is 54.3 Å². The summed E-state index contributed by atoms with van der Waals surface area (Å²) >= 11 is 0. The van der Waals surface area contributed by atoms with Gasteiger partial charge >= 0.3 is 0 Å². The first-order valence-corrected chi connectivity index (χ1v) is 11.5. The number of ether oxygens (including phenoxy) is 1. The van der Waals surface area contributed by atoms with Crippen molar-refractivity contribution in [2.75, 3.05) is 32.0 Å². The first-order valence-electron chi connectivity index (χ1n) is 11.5. The minimum absolute atomic E-state index is 0.194. The summed E-state index contributed by atoms with van der Waals surface area (Å²) < 4.78 is 7.88. The van der Waals surface area contributed by atoms with E-state index in [1.807, 2.05) is 23.9 Å². The number of hydrogen-bond acceptors (Lipinski definition) is 7. The molecule has 180 valence electrons. The van der Waals surface area contributed by atoms with Crippen molar-refractivity contribution in [2.45, 2.75) is 32.6 Å². The number of anilines is 1. The van der Waals surface area contributed by atoms with Crippen molar-refractivity contribution >= 4 is 11.7 Å². The second kappa shape index (κ2) is 10.7. The molecule has 1 aliphatic rings. The first kappa shape index (κ1) is 23.7. The number of nitrogens with zero attached hydrogens (tertiary/aromatic N) is 4. The Morgan fingerprint density at radius 1 is 1.26 bits per heavy atom. The lowest BCUT2D eigenvalue weighted by molar-refractivity contribution is 0.0841. The maximum absolute atomic E-state index is 12.4. The van der Waals surface area contributed by atoms with Crippen molar-refractivity contribution in [3.63, 3.8) is 0 Å². The molecule has 0 aliphatic carbocycles. The van der Waals surface area contributed by atoms with E-state index >= 15 is 0 Å². The lowest BCUT2D eigenvalue weighted by atomic mass is 9.94. The van der Waals surface area contributed by atoms with Crippen molar-refractivity contribution in [1.82, 2.24) is 25.0 Å². The predicted molar refractivity (Wildman–Crippen MR) is 130 cm³/mol. The highest BCUT2D eigenvalue weighted by Crippen LogP contribution is 2.29. The van der Waals surface area contributed by atoms with Gasteiger partial charge in [-0.3, -0.25) is 14.4 Å². The second-order valence-corrected chi connectivity index (χ2v) is 8.59. The number of carbonyl (C=O) groups is 1. The lowest BCUT2D eigenvalue weighted by Gasteiger charge is -2.31. The van der Waals surface area contributed by atoms with E-state index < -0.39 is 6.10 Å². The van der Waals surface area contributed by atoms with Gasteiger partial charge in [-0.1, -0.05) is 6.07 Å². The summed E-state index contributed by atoms with van der Waals surface area (Å²) in [5.41, 5.74) is 5.28. The molecule has 0 saturated carbocycles. The third-order valence-electron chi connectivity index (χ3n) is 6.26. The standard InChI is InChI=1S/C25H32N6O3/c1-17-22-8-11-31(14-19(22)4-5-23(17)34-16-20-7-10-29-30(20)3)15-21(32)13-28-25(33)18-6-9-27-24(12-18)26-2/h4-7,9-10,12,21,32H,8,11,13-16H2,1-3H3,(H,26,27)(H,28,33). The molecule has 0 saturated heterocycles. The summed E-state index contributed by atoms with van der Waals surface area (Å²) in [6, 6.07) is 9.43. The smallest absolute Gasteiger partial charge is 0.251 e. The Labute approximate surface area is 199 Å². The van der Waals surface area contributed by atoms with Gasteiger partial charge in [-0.15, -0.1) is 0 Å². The number of aliphatic hydroxyl groups excluding tert-OH is 1. The van der Waals surface area contributed by atoms with Gasteiger partial charge in [0.2, 0.25) is 0 Å². The number of aliphatic hydroxyl groups is 1. The Balaban J connectivity index is 1.29. The monoisotopic (exact) mass is 464 g/mol. The minimum Gasteiger partial charge on any atom is -0.487 e. The molecule has 1 unspecified atom stereocenters. The number of hydrogen-bond donors (Lipinski definition) is 3. The van der Waals surface area contributed by atoms with Crippen LogP contribution in [0.2, 0.25) is 0 Å². The Morgan fingerprint density at radius 2 is 2.12 bits per heavy atom. The number of aromatic nitrogens is 3. The number of carbonyl (C=O) groups excluding carboxylic acids is 1. The number of fused-ring (bicyclic) bond motifs is 1. The van der Waals surface area contributed by atoms with Crippen LogP contribution in [0.15, 0.2) is 42.7 Å². The molecule has 1 atom stereocenters. The number of benzene rings is 1. The molecule has 0 fully saturated rings. The molecular weight excluding hydrogens is 432 g/mol. The fourth-order valence-corrected chi connectivity index (χ4v) is 4.27. The van der Waals surface area contributed by atoms with Crippen molar-refractivity contribution in [3.8, 4) is 5.75 Å². The van der Waals surface area contributed by atoms with Gasteiger partial charge in [-0.25, -0.2) is 4.98 Å². The molecule has 3 N–H and O–H groups in total. The number of nitrogens with one attached hydrogen (secondary N) is 2. The Kier molecular flexibility index (Phi) is 7.44. The quantitative estimate of drug-likeness (QED) is 0.444. The fourth-order valence-electron chi connectivity index (χ4n) is 4.27. The SMILES string of the molecule is CNc1cc(C(=O)NCC(O)CN2CCc3c(ccc(OCc4ccnn4C)c3C)C2)ccn1. The molecule has 1 amide bonds. The molecule has 2 aromatic heterocycles. The van der Waals surface area contributed by atoms with E-state index in [2.05, 4.69) is 38.6 Å². The van der Waals surface area contributed by atoms with Crippen LogP contribution in [0.4, 0.5) is 5.82 Å². The van der Waals surface area contributed by atoms with E-state index in [1.54, 1.807) is 31.6 Å². The molecule has 0 bridgehead atoms. The molecule has 9 nitrogen and oxygen atoms in total. The molecular formula is C25H32N6O3. The topological polar surface area (TPSA) is 105 Å². The van der Waals surface area contributed by atoms with Crippen LogP contribution in [0.3, 0.4) is 0 Å². The Bertz CT molecular complexity index is 1150. The third-order valence-corrected chi connectivity index (χ3v) is 6.26. The number of β-amino-alcohol motifs (C(OH)–C–C–N with tert-alkyl or cyclic N) is 1. The third kappa shape index (κ3) is 5.55. The normalized spacial score (nSPS) is 14.4. The second-order valence-electron chi connectivity index (χ2n) is 8.59. The van der Waals surface area contributed by atoms with Gasteiger partial charge in [-0.2, -0.15) is 5.10 Å². The van der Waals surface area contributed by atoms with Crippen LogP contribution >= 0.6 is 0 Å². The molecule has 34 heavy (non-hydrogen) atoms. The zero-order valence-corrected chi connectivity index (χ0v) is 19.9. The van der Waals surface area contributed by atoms with Crippen LogP contribution < -0.4 is 15.4 Å². The van der Waals surface area contributed by atoms with Crippen LogP contribution in [-0.2, 0) is 26.6 Å². The number of pyridine rings is 1. The summed E-state index contributed by atoms with van der Waals surface area (Å²) in [7, 11) is 3.66. The summed E-state index contributed by atoms with van der Waals surface area (Å²) in [4.78, 5) is 18.7. The zero-order valence-electron chi connectivity index (χ0n) is 19.9. The van der Waals surface area contributed by atoms with E-state index in [4.69, 9.17) is 4.74 Å². The van der Waals surface area contributed by atoms with E-state index in [1.165, 1.54) is 16.7 Å². The van der Waals surface area contributed by atoms with Crippen LogP contribution in [0, 0.1) is 6.92 Å². The molecule has 1 aromatic carbocycles. The largest absolute Gasteiger partial charge is 0.487 e. The van der Waals surface area contributed by atoms with Crippen LogP contribution in [-0.4, -0.2) is 63.5 Å². The van der Waals surface area contributed by atoms with Gasteiger partial charge in [0.1, 0.15) is 18.2 Å². The van der Waals surface area contributed by atoms with Crippen molar-refractivity contribution in [3.05, 3.63) is 70.7 Å². The Hall–Kier alpha value is -3.43. The van der Waals surface area contributed by atoms with Gasteiger partial charge in [0.25, 0.3) is 5.91 Å². The molecule has 1 aliphatic heterocycles. The highest BCUT2D eigenvalue weighted by atomic mass is 16.5. The lowest BCUT2D eigenvalue weighted by Crippen LogP contribution is -2.42. The van der Waals surface area contributed by atoms with Gasteiger partial charge in [0, 0.05) is 58.2 Å². The van der Waals surface area contributed by atoms with Gasteiger partial charge in [0.05, 0.1) is 11.8 Å². The molecule has 3 aromatic rings. The Morgan fingerprint density at radius 3 is 2.88 bits per heavy atom. The average Bonchev–Trinajstić information content (AvgIpc) is 3.26. The number of amides is 1.